The lowest BCUT2D eigenvalue weighted by Gasteiger charge is -2.05. The van der Waals surface area contributed by atoms with Crippen molar-refractivity contribution in [2.75, 3.05) is 12.3 Å². The van der Waals surface area contributed by atoms with Crippen molar-refractivity contribution in [1.29, 1.82) is 0 Å². The smallest absolute Gasteiger partial charge is 0.250 e. The Morgan fingerprint density at radius 2 is 2.07 bits per heavy atom. The molecule has 0 atom stereocenters. The molecule has 78 valence electrons. The molecule has 0 spiro atoms. The topological polar surface area (TPSA) is 38.0 Å². The van der Waals surface area contributed by atoms with Crippen LogP contribution in [0.15, 0.2) is 22.7 Å². The molecule has 1 aromatic rings. The fourth-order valence-electron chi connectivity index (χ4n) is 1.10. The van der Waals surface area contributed by atoms with Crippen LogP contribution in [0.5, 0.6) is 0 Å². The fourth-order valence-corrected chi connectivity index (χ4v) is 1.66. The van der Waals surface area contributed by atoms with E-state index in [-0.39, 0.29) is 6.54 Å². The molecule has 0 bridgehead atoms. The van der Waals surface area contributed by atoms with Gasteiger partial charge in [0.05, 0.1) is 6.54 Å². The van der Waals surface area contributed by atoms with Crippen LogP contribution in [0.4, 0.5) is 14.5 Å². The van der Waals surface area contributed by atoms with Crippen LogP contribution < -0.4 is 11.1 Å². The van der Waals surface area contributed by atoms with Crippen molar-refractivity contribution in [1.82, 2.24) is 5.32 Å². The Hall–Kier alpha value is -0.680. The van der Waals surface area contributed by atoms with Crippen LogP contribution in [0.25, 0.3) is 0 Å². The molecule has 1 aromatic carbocycles. The SMILES string of the molecule is Nc1cc(Br)cc(CNCC(F)F)c1. The van der Waals surface area contributed by atoms with E-state index in [0.717, 1.165) is 10.0 Å². The minimum Gasteiger partial charge on any atom is -0.399 e. The number of alkyl halides is 2. The molecule has 5 heteroatoms. The van der Waals surface area contributed by atoms with Gasteiger partial charge in [-0.3, -0.25) is 0 Å². The second kappa shape index (κ2) is 5.26. The summed E-state index contributed by atoms with van der Waals surface area (Å²) in [7, 11) is 0. The van der Waals surface area contributed by atoms with Gasteiger partial charge in [-0.25, -0.2) is 8.78 Å². The first kappa shape index (κ1) is 11.4. The first-order valence-electron chi connectivity index (χ1n) is 4.12. The average molecular weight is 265 g/mol. The number of nitrogen functional groups attached to an aromatic ring is 1. The Kier molecular flexibility index (Phi) is 4.28. The van der Waals surface area contributed by atoms with Crippen LogP contribution in [0.3, 0.4) is 0 Å². The van der Waals surface area contributed by atoms with Crippen molar-refractivity contribution in [3.63, 3.8) is 0 Å². The Bertz CT molecular complexity index is 285. The third-order valence-electron chi connectivity index (χ3n) is 1.61. The molecule has 0 unspecified atom stereocenters. The Morgan fingerprint density at radius 3 is 2.64 bits per heavy atom. The largest absolute Gasteiger partial charge is 0.399 e. The lowest BCUT2D eigenvalue weighted by Crippen LogP contribution is -2.20. The maximum Gasteiger partial charge on any atom is 0.250 e. The summed E-state index contributed by atoms with van der Waals surface area (Å²) in [6, 6.07) is 5.36. The van der Waals surface area contributed by atoms with E-state index in [1.807, 2.05) is 6.07 Å². The number of nitrogens with one attached hydrogen (secondary N) is 1. The zero-order valence-electron chi connectivity index (χ0n) is 7.43. The number of rotatable bonds is 4. The molecule has 0 saturated heterocycles. The van der Waals surface area contributed by atoms with Crippen LogP contribution in [-0.2, 0) is 6.54 Å². The minimum absolute atomic E-state index is 0.299. The molecule has 0 amide bonds. The van der Waals surface area contributed by atoms with Gasteiger partial charge in [0, 0.05) is 16.7 Å². The molecule has 0 heterocycles. The highest BCUT2D eigenvalue weighted by atomic mass is 79.9. The molecule has 0 aliphatic carbocycles. The zero-order valence-corrected chi connectivity index (χ0v) is 9.02. The molecular weight excluding hydrogens is 254 g/mol. The van der Waals surface area contributed by atoms with E-state index < -0.39 is 6.43 Å². The van der Waals surface area contributed by atoms with Gasteiger partial charge in [-0.2, -0.15) is 0 Å². The Balaban J connectivity index is 2.50. The second-order valence-corrected chi connectivity index (χ2v) is 3.83. The predicted molar refractivity (Wildman–Crippen MR) is 56.3 cm³/mol. The summed E-state index contributed by atoms with van der Waals surface area (Å²) < 4.78 is 24.5. The standard InChI is InChI=1S/C9H11BrF2N2/c10-7-1-6(2-8(13)3-7)4-14-5-9(11)12/h1-3,9,14H,4-5,13H2. The number of hydrogen-bond donors (Lipinski definition) is 2. The zero-order chi connectivity index (χ0) is 10.6. The summed E-state index contributed by atoms with van der Waals surface area (Å²) in [4.78, 5) is 0. The number of benzene rings is 1. The van der Waals surface area contributed by atoms with Crippen molar-refractivity contribution >= 4 is 21.6 Å². The van der Waals surface area contributed by atoms with Gasteiger partial charge in [0.2, 0.25) is 0 Å². The van der Waals surface area contributed by atoms with Gasteiger partial charge >= 0.3 is 0 Å². The lowest BCUT2D eigenvalue weighted by molar-refractivity contribution is 0.145. The number of nitrogens with two attached hydrogens (primary N) is 1. The van der Waals surface area contributed by atoms with Crippen LogP contribution in [-0.4, -0.2) is 13.0 Å². The van der Waals surface area contributed by atoms with E-state index in [0.29, 0.717) is 12.2 Å². The van der Waals surface area contributed by atoms with Crippen molar-refractivity contribution in [3.05, 3.63) is 28.2 Å². The van der Waals surface area contributed by atoms with Crippen LogP contribution >= 0.6 is 15.9 Å². The van der Waals surface area contributed by atoms with E-state index in [9.17, 15) is 8.78 Å². The van der Waals surface area contributed by atoms with Crippen molar-refractivity contribution in [2.24, 2.45) is 0 Å². The molecule has 0 saturated carbocycles. The fraction of sp³-hybridized carbons (Fsp3) is 0.333. The normalized spacial score (nSPS) is 10.9. The summed E-state index contributed by atoms with van der Waals surface area (Å²) in [6.45, 7) is 0.0976. The minimum atomic E-state index is -2.32. The molecule has 0 aliphatic heterocycles. The first-order valence-corrected chi connectivity index (χ1v) is 4.91. The van der Waals surface area contributed by atoms with Crippen molar-refractivity contribution < 1.29 is 8.78 Å². The molecule has 1 rings (SSSR count). The van der Waals surface area contributed by atoms with Gasteiger partial charge in [0.15, 0.2) is 0 Å². The quantitative estimate of drug-likeness (QED) is 0.820. The molecule has 0 aromatic heterocycles. The van der Waals surface area contributed by atoms with Crippen LogP contribution in [0.2, 0.25) is 0 Å². The van der Waals surface area contributed by atoms with Gasteiger partial charge in [0.25, 0.3) is 6.43 Å². The van der Waals surface area contributed by atoms with E-state index in [1.54, 1.807) is 12.1 Å². The summed E-state index contributed by atoms with van der Waals surface area (Å²) in [5.41, 5.74) is 7.09. The van der Waals surface area contributed by atoms with Crippen LogP contribution in [0, 0.1) is 0 Å². The highest BCUT2D eigenvalue weighted by Crippen LogP contribution is 2.17. The Labute approximate surface area is 89.6 Å². The van der Waals surface area contributed by atoms with E-state index in [1.165, 1.54) is 0 Å². The average Bonchev–Trinajstić information content (AvgIpc) is 2.01. The monoisotopic (exact) mass is 264 g/mol. The van der Waals surface area contributed by atoms with Crippen molar-refractivity contribution in [3.8, 4) is 0 Å². The number of hydrogen-bond acceptors (Lipinski definition) is 2. The van der Waals surface area contributed by atoms with Gasteiger partial charge in [-0.05, 0) is 23.8 Å². The predicted octanol–water partition coefficient (Wildman–Crippen LogP) is 2.39. The maximum atomic E-state index is 11.8. The molecule has 0 aliphatic rings. The van der Waals surface area contributed by atoms with Gasteiger partial charge < -0.3 is 11.1 Å². The van der Waals surface area contributed by atoms with Crippen LogP contribution in [0.1, 0.15) is 5.56 Å². The van der Waals surface area contributed by atoms with E-state index in [4.69, 9.17) is 5.73 Å². The third-order valence-corrected chi connectivity index (χ3v) is 2.07. The van der Waals surface area contributed by atoms with Gasteiger partial charge in [0.1, 0.15) is 0 Å². The van der Waals surface area contributed by atoms with Crippen molar-refractivity contribution in [2.45, 2.75) is 13.0 Å². The summed E-state index contributed by atoms with van der Waals surface area (Å²) in [6.07, 6.45) is -2.32. The number of anilines is 1. The Morgan fingerprint density at radius 1 is 1.36 bits per heavy atom. The van der Waals surface area contributed by atoms with Gasteiger partial charge in [-0.1, -0.05) is 15.9 Å². The summed E-state index contributed by atoms with van der Waals surface area (Å²) in [5, 5.41) is 2.63. The molecule has 0 radical (unpaired) electrons. The molecule has 0 fully saturated rings. The molecular formula is C9H11BrF2N2. The molecule has 2 nitrogen and oxygen atoms in total. The van der Waals surface area contributed by atoms with Gasteiger partial charge in [-0.15, -0.1) is 0 Å². The maximum absolute atomic E-state index is 11.8. The summed E-state index contributed by atoms with van der Waals surface area (Å²) in [5.74, 6) is 0. The molecule has 3 N–H and O–H groups in total. The number of halogens is 3. The summed E-state index contributed by atoms with van der Waals surface area (Å²) >= 11 is 3.28. The van der Waals surface area contributed by atoms with E-state index in [2.05, 4.69) is 21.2 Å². The molecule has 14 heavy (non-hydrogen) atoms. The lowest BCUT2D eigenvalue weighted by atomic mass is 10.2. The van der Waals surface area contributed by atoms with E-state index >= 15 is 0 Å². The highest BCUT2D eigenvalue weighted by Gasteiger charge is 2.01. The second-order valence-electron chi connectivity index (χ2n) is 2.91. The highest BCUT2D eigenvalue weighted by molar-refractivity contribution is 9.10. The first-order chi connectivity index (χ1) is 6.58. The third kappa shape index (κ3) is 4.02.